The van der Waals surface area contributed by atoms with Crippen molar-refractivity contribution in [1.82, 2.24) is 0 Å². The first-order chi connectivity index (χ1) is 12.9. The highest BCUT2D eigenvalue weighted by Gasteiger charge is 2.30. The van der Waals surface area contributed by atoms with Crippen molar-refractivity contribution < 1.29 is 17.9 Å². The summed E-state index contributed by atoms with van der Waals surface area (Å²) in [7, 11) is -1.82. The van der Waals surface area contributed by atoms with Gasteiger partial charge >= 0.3 is 0 Å². The normalized spacial score (nSPS) is 16.2. The smallest absolute Gasteiger partial charge is 0.248 e. The average molecular weight is 386 g/mol. The van der Waals surface area contributed by atoms with Crippen LogP contribution >= 0.6 is 0 Å². The number of ether oxygens (including phenoxy) is 1. The Morgan fingerprint density at radius 1 is 1.19 bits per heavy atom. The number of rotatable bonds is 5. The van der Waals surface area contributed by atoms with Gasteiger partial charge in [0.2, 0.25) is 15.9 Å². The van der Waals surface area contributed by atoms with Crippen LogP contribution < -0.4 is 14.4 Å². The average Bonchev–Trinajstić information content (AvgIpc) is 3.01. The summed E-state index contributed by atoms with van der Waals surface area (Å²) in [6, 6.07) is 14.6. The molecule has 0 unspecified atom stereocenters. The zero-order valence-corrected chi connectivity index (χ0v) is 16.1. The van der Waals surface area contributed by atoms with Gasteiger partial charge in [-0.3, -0.25) is 9.10 Å². The molecule has 1 aliphatic rings. The molecule has 1 aliphatic heterocycles. The van der Waals surface area contributed by atoms with Gasteiger partial charge in [0.05, 0.1) is 18.6 Å². The first-order valence-electron chi connectivity index (χ1n) is 8.64. The third-order valence-corrected chi connectivity index (χ3v) is 6.25. The van der Waals surface area contributed by atoms with E-state index in [1.165, 1.54) is 17.5 Å². The lowest BCUT2D eigenvalue weighted by Gasteiger charge is -2.20. The molecule has 0 aliphatic carbocycles. The second-order valence-electron chi connectivity index (χ2n) is 6.31. The predicted octanol–water partition coefficient (Wildman–Crippen LogP) is 3.28. The SMILES string of the molecule is COc1cc(NC(=O)/C=C(\C)c2ccccc2)ccc1N1CCCS1(=O)=O. The molecule has 1 fully saturated rings. The molecule has 0 aromatic heterocycles. The van der Waals surface area contributed by atoms with E-state index >= 15 is 0 Å². The number of benzene rings is 2. The Hall–Kier alpha value is -2.80. The minimum absolute atomic E-state index is 0.137. The van der Waals surface area contributed by atoms with E-state index in [0.29, 0.717) is 30.1 Å². The van der Waals surface area contributed by atoms with Crippen LogP contribution in [-0.2, 0) is 14.8 Å². The first-order valence-corrected chi connectivity index (χ1v) is 10.2. The Morgan fingerprint density at radius 3 is 2.56 bits per heavy atom. The van der Waals surface area contributed by atoms with E-state index in [9.17, 15) is 13.2 Å². The molecular weight excluding hydrogens is 364 g/mol. The lowest BCUT2D eigenvalue weighted by atomic mass is 10.1. The molecule has 0 radical (unpaired) electrons. The first kappa shape index (κ1) is 19.0. The van der Waals surface area contributed by atoms with Crippen LogP contribution in [0.4, 0.5) is 11.4 Å². The minimum Gasteiger partial charge on any atom is -0.494 e. The Morgan fingerprint density at radius 2 is 1.93 bits per heavy atom. The van der Waals surface area contributed by atoms with Crippen molar-refractivity contribution in [3.63, 3.8) is 0 Å². The van der Waals surface area contributed by atoms with Gasteiger partial charge in [-0.1, -0.05) is 30.3 Å². The van der Waals surface area contributed by atoms with Crippen molar-refractivity contribution in [2.45, 2.75) is 13.3 Å². The third-order valence-electron chi connectivity index (χ3n) is 4.39. The molecule has 0 atom stereocenters. The molecular formula is C20H22N2O4S. The van der Waals surface area contributed by atoms with Crippen LogP contribution in [0.3, 0.4) is 0 Å². The molecule has 2 aromatic rings. The van der Waals surface area contributed by atoms with E-state index in [4.69, 9.17) is 4.74 Å². The number of allylic oxidation sites excluding steroid dienone is 1. The molecule has 142 valence electrons. The van der Waals surface area contributed by atoms with Gasteiger partial charge in [-0.25, -0.2) is 8.42 Å². The summed E-state index contributed by atoms with van der Waals surface area (Å²) in [4.78, 5) is 12.3. The standard InChI is InChI=1S/C20H22N2O4S/c1-15(16-7-4-3-5-8-16)13-20(23)21-17-9-10-18(19(14-17)26-2)22-11-6-12-27(22,24)25/h3-5,7-10,13-14H,6,11-12H2,1-2H3,(H,21,23)/b15-13+. The highest BCUT2D eigenvalue weighted by molar-refractivity contribution is 7.93. The number of methoxy groups -OCH3 is 1. The van der Waals surface area contributed by atoms with Gasteiger partial charge in [0.15, 0.2) is 0 Å². The monoisotopic (exact) mass is 386 g/mol. The van der Waals surface area contributed by atoms with Gasteiger partial charge in [-0.2, -0.15) is 0 Å². The number of anilines is 2. The second-order valence-corrected chi connectivity index (χ2v) is 8.32. The van der Waals surface area contributed by atoms with Gasteiger partial charge in [-0.15, -0.1) is 0 Å². The molecule has 1 saturated heterocycles. The van der Waals surface area contributed by atoms with E-state index in [-0.39, 0.29) is 11.7 Å². The molecule has 3 rings (SSSR count). The van der Waals surface area contributed by atoms with E-state index in [1.807, 2.05) is 37.3 Å². The predicted molar refractivity (Wildman–Crippen MR) is 107 cm³/mol. The summed E-state index contributed by atoms with van der Waals surface area (Å²) < 4.78 is 31.0. The van der Waals surface area contributed by atoms with E-state index in [0.717, 1.165) is 11.1 Å². The van der Waals surface area contributed by atoms with Gasteiger partial charge in [0.25, 0.3) is 0 Å². The number of amides is 1. The zero-order valence-electron chi connectivity index (χ0n) is 15.3. The second kappa shape index (κ2) is 7.84. The van der Waals surface area contributed by atoms with Crippen LogP contribution in [0.2, 0.25) is 0 Å². The summed E-state index contributed by atoms with van der Waals surface area (Å²) in [6.07, 6.45) is 2.12. The van der Waals surface area contributed by atoms with E-state index in [2.05, 4.69) is 5.32 Å². The minimum atomic E-state index is -3.30. The summed E-state index contributed by atoms with van der Waals surface area (Å²) in [5.74, 6) is 0.278. The summed E-state index contributed by atoms with van der Waals surface area (Å²) in [5, 5.41) is 2.79. The molecule has 1 heterocycles. The summed E-state index contributed by atoms with van der Waals surface area (Å²) in [6.45, 7) is 2.31. The maximum absolute atomic E-state index is 12.3. The van der Waals surface area contributed by atoms with Crippen LogP contribution in [0, 0.1) is 0 Å². The summed E-state index contributed by atoms with van der Waals surface area (Å²) in [5.41, 5.74) is 2.85. The third kappa shape index (κ3) is 4.31. The van der Waals surface area contributed by atoms with Gasteiger partial charge < -0.3 is 10.1 Å². The Bertz CT molecular complexity index is 969. The van der Waals surface area contributed by atoms with Crippen molar-refractivity contribution in [1.29, 1.82) is 0 Å². The molecule has 0 bridgehead atoms. The fourth-order valence-electron chi connectivity index (χ4n) is 3.03. The van der Waals surface area contributed by atoms with E-state index < -0.39 is 10.0 Å². The van der Waals surface area contributed by atoms with Crippen molar-refractivity contribution in [2.75, 3.05) is 29.0 Å². The number of nitrogens with zero attached hydrogens (tertiary/aromatic N) is 1. The lowest BCUT2D eigenvalue weighted by Crippen LogP contribution is -2.25. The number of nitrogens with one attached hydrogen (secondary N) is 1. The quantitative estimate of drug-likeness (QED) is 0.800. The zero-order chi connectivity index (χ0) is 19.4. The van der Waals surface area contributed by atoms with Gasteiger partial charge in [0.1, 0.15) is 5.75 Å². The van der Waals surface area contributed by atoms with Crippen LogP contribution in [0.25, 0.3) is 5.57 Å². The van der Waals surface area contributed by atoms with Crippen molar-refractivity contribution in [2.24, 2.45) is 0 Å². The Kier molecular flexibility index (Phi) is 5.51. The van der Waals surface area contributed by atoms with E-state index in [1.54, 1.807) is 18.2 Å². The molecule has 2 aromatic carbocycles. The largest absolute Gasteiger partial charge is 0.494 e. The number of hydrogen-bond acceptors (Lipinski definition) is 4. The maximum atomic E-state index is 12.3. The topological polar surface area (TPSA) is 75.7 Å². The highest BCUT2D eigenvalue weighted by atomic mass is 32.2. The van der Waals surface area contributed by atoms with Crippen molar-refractivity contribution in [3.05, 3.63) is 60.2 Å². The molecule has 1 amide bonds. The van der Waals surface area contributed by atoms with Crippen molar-refractivity contribution >= 4 is 32.9 Å². The Labute approximate surface area is 159 Å². The molecule has 6 nitrogen and oxygen atoms in total. The Balaban J connectivity index is 1.79. The maximum Gasteiger partial charge on any atom is 0.248 e. The molecule has 27 heavy (non-hydrogen) atoms. The number of hydrogen-bond donors (Lipinski definition) is 1. The number of sulfonamides is 1. The fourth-order valence-corrected chi connectivity index (χ4v) is 4.60. The van der Waals surface area contributed by atoms with Gasteiger partial charge in [-0.05, 0) is 36.6 Å². The lowest BCUT2D eigenvalue weighted by molar-refractivity contribution is -0.111. The van der Waals surface area contributed by atoms with Gasteiger partial charge in [0, 0.05) is 24.4 Å². The fraction of sp³-hybridized carbons (Fsp3) is 0.250. The summed E-state index contributed by atoms with van der Waals surface area (Å²) >= 11 is 0. The molecule has 0 spiro atoms. The number of carbonyl (C=O) groups is 1. The van der Waals surface area contributed by atoms with Crippen molar-refractivity contribution in [3.8, 4) is 5.75 Å². The highest BCUT2D eigenvalue weighted by Crippen LogP contribution is 2.35. The van der Waals surface area contributed by atoms with Crippen LogP contribution in [0.5, 0.6) is 5.75 Å². The molecule has 1 N–H and O–H groups in total. The number of carbonyl (C=O) groups excluding carboxylic acids is 1. The molecule has 7 heteroatoms. The molecule has 0 saturated carbocycles. The van der Waals surface area contributed by atoms with Crippen LogP contribution in [0.15, 0.2) is 54.6 Å². The van der Waals surface area contributed by atoms with Crippen LogP contribution in [0.1, 0.15) is 18.9 Å². The van der Waals surface area contributed by atoms with Crippen LogP contribution in [-0.4, -0.2) is 33.7 Å².